The second-order valence-electron chi connectivity index (χ2n) is 5.92. The van der Waals surface area contributed by atoms with Gasteiger partial charge in [-0.2, -0.15) is 0 Å². The van der Waals surface area contributed by atoms with Crippen LogP contribution in [0.25, 0.3) is 10.9 Å². The van der Waals surface area contributed by atoms with Crippen LogP contribution in [-0.2, 0) is 6.54 Å². The highest BCUT2D eigenvalue weighted by Crippen LogP contribution is 2.28. The molecule has 3 heterocycles. The molecule has 2 unspecified atom stereocenters. The lowest BCUT2D eigenvalue weighted by Gasteiger charge is -2.21. The highest BCUT2D eigenvalue weighted by Gasteiger charge is 2.36. The second-order valence-corrected chi connectivity index (χ2v) is 5.92. The fourth-order valence-electron chi connectivity index (χ4n) is 3.78. The summed E-state index contributed by atoms with van der Waals surface area (Å²) in [5.41, 5.74) is 2.62. The van der Waals surface area contributed by atoms with E-state index >= 15 is 0 Å². The Labute approximate surface area is 114 Å². The molecule has 19 heavy (non-hydrogen) atoms. The van der Waals surface area contributed by atoms with Crippen LogP contribution in [0.5, 0.6) is 0 Å². The third-order valence-electron chi connectivity index (χ3n) is 4.79. The Morgan fingerprint density at radius 1 is 1.21 bits per heavy atom. The molecule has 2 aliphatic heterocycles. The first-order valence-corrected chi connectivity index (χ1v) is 7.43. The van der Waals surface area contributed by atoms with Gasteiger partial charge in [-0.15, -0.1) is 0 Å². The van der Waals surface area contributed by atoms with Gasteiger partial charge in [0.15, 0.2) is 0 Å². The van der Waals surface area contributed by atoms with Crippen molar-refractivity contribution in [3.8, 4) is 0 Å². The molecule has 100 valence electrons. The molecule has 0 bridgehead atoms. The van der Waals surface area contributed by atoms with E-state index in [0.717, 1.165) is 12.6 Å². The van der Waals surface area contributed by atoms with Gasteiger partial charge in [-0.1, -0.05) is 6.07 Å². The van der Waals surface area contributed by atoms with Crippen molar-refractivity contribution in [1.82, 2.24) is 15.2 Å². The van der Waals surface area contributed by atoms with Crippen LogP contribution in [0.1, 0.15) is 24.8 Å². The highest BCUT2D eigenvalue weighted by molar-refractivity contribution is 5.79. The number of H-pyrrole nitrogens is 1. The SMILES string of the molecule is c1cc2cc(CNC3CCN4CCCC34)ccc2[nH]1. The van der Waals surface area contributed by atoms with Crippen molar-refractivity contribution < 1.29 is 0 Å². The summed E-state index contributed by atoms with van der Waals surface area (Å²) in [6, 6.07) is 10.4. The van der Waals surface area contributed by atoms with E-state index in [0.29, 0.717) is 6.04 Å². The molecule has 1 aromatic carbocycles. The number of benzene rings is 1. The highest BCUT2D eigenvalue weighted by atomic mass is 15.2. The lowest BCUT2D eigenvalue weighted by atomic mass is 10.1. The van der Waals surface area contributed by atoms with E-state index in [-0.39, 0.29) is 0 Å². The lowest BCUT2D eigenvalue weighted by molar-refractivity contribution is 0.298. The Bertz CT molecular complexity index is 574. The standard InChI is InChI=1S/C16H21N3/c1-2-16-15(6-9-19(16)8-1)18-11-12-3-4-14-13(10-12)5-7-17-14/h3-5,7,10,15-18H,1-2,6,8-9,11H2. The van der Waals surface area contributed by atoms with E-state index in [1.165, 1.54) is 48.8 Å². The summed E-state index contributed by atoms with van der Waals surface area (Å²) in [5.74, 6) is 0. The molecular weight excluding hydrogens is 234 g/mol. The van der Waals surface area contributed by atoms with Crippen LogP contribution in [0, 0.1) is 0 Å². The minimum absolute atomic E-state index is 0.699. The maximum absolute atomic E-state index is 3.77. The topological polar surface area (TPSA) is 31.1 Å². The zero-order valence-corrected chi connectivity index (χ0v) is 11.2. The van der Waals surface area contributed by atoms with Crippen LogP contribution in [0.15, 0.2) is 30.5 Å². The van der Waals surface area contributed by atoms with Gasteiger partial charge >= 0.3 is 0 Å². The predicted molar refractivity (Wildman–Crippen MR) is 78.1 cm³/mol. The van der Waals surface area contributed by atoms with E-state index in [2.05, 4.69) is 39.5 Å². The second kappa shape index (κ2) is 4.66. The summed E-state index contributed by atoms with van der Waals surface area (Å²) in [5, 5.41) is 5.09. The predicted octanol–water partition coefficient (Wildman–Crippen LogP) is 2.49. The van der Waals surface area contributed by atoms with Gasteiger partial charge in [0, 0.05) is 36.9 Å². The zero-order valence-electron chi connectivity index (χ0n) is 11.2. The summed E-state index contributed by atoms with van der Waals surface area (Å²) in [4.78, 5) is 5.91. The number of nitrogens with one attached hydrogen (secondary N) is 2. The van der Waals surface area contributed by atoms with Gasteiger partial charge in [0.1, 0.15) is 0 Å². The first kappa shape index (κ1) is 11.5. The minimum atomic E-state index is 0.699. The third kappa shape index (κ3) is 2.07. The van der Waals surface area contributed by atoms with Gasteiger partial charge in [0.05, 0.1) is 0 Å². The molecular formula is C16H21N3. The Balaban J connectivity index is 1.44. The molecule has 0 saturated carbocycles. The van der Waals surface area contributed by atoms with Crippen molar-refractivity contribution in [2.24, 2.45) is 0 Å². The largest absolute Gasteiger partial charge is 0.361 e. The van der Waals surface area contributed by atoms with Gasteiger partial charge in [0.25, 0.3) is 0 Å². The van der Waals surface area contributed by atoms with Crippen LogP contribution < -0.4 is 5.32 Å². The Hall–Kier alpha value is -1.32. The van der Waals surface area contributed by atoms with E-state index in [1.54, 1.807) is 0 Å². The van der Waals surface area contributed by atoms with Crippen LogP contribution in [0.2, 0.25) is 0 Å². The molecule has 2 atom stereocenters. The molecule has 4 rings (SSSR count). The van der Waals surface area contributed by atoms with Gasteiger partial charge in [-0.3, -0.25) is 4.90 Å². The monoisotopic (exact) mass is 255 g/mol. The Kier molecular flexibility index (Phi) is 2.82. The maximum Gasteiger partial charge on any atom is 0.0454 e. The van der Waals surface area contributed by atoms with Crippen molar-refractivity contribution in [3.63, 3.8) is 0 Å². The van der Waals surface area contributed by atoms with Gasteiger partial charge in [0.2, 0.25) is 0 Å². The van der Waals surface area contributed by atoms with Crippen molar-refractivity contribution >= 4 is 10.9 Å². The van der Waals surface area contributed by atoms with Crippen molar-refractivity contribution in [2.75, 3.05) is 13.1 Å². The number of rotatable bonds is 3. The maximum atomic E-state index is 3.77. The smallest absolute Gasteiger partial charge is 0.0454 e. The van der Waals surface area contributed by atoms with E-state index in [1.807, 2.05) is 6.20 Å². The van der Waals surface area contributed by atoms with Crippen LogP contribution in [0.3, 0.4) is 0 Å². The van der Waals surface area contributed by atoms with Crippen LogP contribution >= 0.6 is 0 Å². The average Bonchev–Trinajstić information content (AvgIpc) is 3.12. The van der Waals surface area contributed by atoms with E-state index in [9.17, 15) is 0 Å². The summed E-state index contributed by atoms with van der Waals surface area (Å²) in [6.45, 7) is 3.60. The molecule has 0 radical (unpaired) electrons. The quantitative estimate of drug-likeness (QED) is 0.883. The number of aromatic amines is 1. The number of hydrogen-bond donors (Lipinski definition) is 2. The molecule has 3 nitrogen and oxygen atoms in total. The van der Waals surface area contributed by atoms with Gasteiger partial charge < -0.3 is 10.3 Å². The summed E-state index contributed by atoms with van der Waals surface area (Å²) >= 11 is 0. The average molecular weight is 255 g/mol. The van der Waals surface area contributed by atoms with Crippen molar-refractivity contribution in [2.45, 2.75) is 37.9 Å². The Morgan fingerprint density at radius 2 is 2.21 bits per heavy atom. The molecule has 2 aliphatic rings. The molecule has 3 heteroatoms. The number of fused-ring (bicyclic) bond motifs is 2. The molecule has 2 saturated heterocycles. The first-order valence-electron chi connectivity index (χ1n) is 7.43. The van der Waals surface area contributed by atoms with Crippen LogP contribution in [-0.4, -0.2) is 35.1 Å². The molecule has 2 fully saturated rings. The van der Waals surface area contributed by atoms with Gasteiger partial charge in [-0.25, -0.2) is 0 Å². The molecule has 2 N–H and O–H groups in total. The van der Waals surface area contributed by atoms with Gasteiger partial charge in [-0.05, 0) is 55.0 Å². The Morgan fingerprint density at radius 3 is 3.21 bits per heavy atom. The molecule has 0 aliphatic carbocycles. The number of hydrogen-bond acceptors (Lipinski definition) is 2. The normalized spacial score (nSPS) is 27.2. The number of aromatic nitrogens is 1. The lowest BCUT2D eigenvalue weighted by Crippen LogP contribution is -2.38. The van der Waals surface area contributed by atoms with Crippen molar-refractivity contribution in [3.05, 3.63) is 36.0 Å². The molecule has 1 aromatic heterocycles. The molecule has 0 amide bonds. The van der Waals surface area contributed by atoms with Crippen molar-refractivity contribution in [1.29, 1.82) is 0 Å². The third-order valence-corrected chi connectivity index (χ3v) is 4.79. The summed E-state index contributed by atoms with van der Waals surface area (Å²) in [6.07, 6.45) is 6.10. The minimum Gasteiger partial charge on any atom is -0.361 e. The first-order chi connectivity index (χ1) is 9.40. The van der Waals surface area contributed by atoms with E-state index in [4.69, 9.17) is 0 Å². The number of nitrogens with zero attached hydrogens (tertiary/aromatic N) is 1. The molecule has 0 spiro atoms. The fourth-order valence-corrected chi connectivity index (χ4v) is 3.78. The molecule has 2 aromatic rings. The summed E-state index contributed by atoms with van der Waals surface area (Å²) in [7, 11) is 0. The van der Waals surface area contributed by atoms with E-state index < -0.39 is 0 Å². The van der Waals surface area contributed by atoms with Crippen LogP contribution in [0.4, 0.5) is 0 Å². The summed E-state index contributed by atoms with van der Waals surface area (Å²) < 4.78 is 0. The fraction of sp³-hybridized carbons (Fsp3) is 0.500. The zero-order chi connectivity index (χ0) is 12.7.